The number of aromatic nitrogens is 2. The minimum Gasteiger partial charge on any atom is -0.322 e. The normalized spacial score (nSPS) is 14.6. The molecule has 1 aliphatic carbocycles. The highest BCUT2D eigenvalue weighted by Gasteiger charge is 2.32. The Morgan fingerprint density at radius 3 is 2.81 bits per heavy atom. The molecule has 3 aromatic rings. The van der Waals surface area contributed by atoms with Crippen LogP contribution in [0.15, 0.2) is 41.6 Å². The van der Waals surface area contributed by atoms with E-state index in [1.165, 1.54) is 18.3 Å². The number of thiazole rings is 1. The Kier molecular flexibility index (Phi) is 4.36. The summed E-state index contributed by atoms with van der Waals surface area (Å²) in [5.41, 5.74) is -3.24. The van der Waals surface area contributed by atoms with Gasteiger partial charge >= 0.3 is 5.51 Å². The molecule has 0 unspecified atom stereocenters. The van der Waals surface area contributed by atoms with Gasteiger partial charge in [-0.05, 0) is 43.2 Å². The van der Waals surface area contributed by atoms with Gasteiger partial charge in [-0.1, -0.05) is 0 Å². The Morgan fingerprint density at radius 2 is 2.08 bits per heavy atom. The highest BCUT2D eigenvalue weighted by Crippen LogP contribution is 2.43. The summed E-state index contributed by atoms with van der Waals surface area (Å²) < 4.78 is 38.9. The van der Waals surface area contributed by atoms with Crippen LogP contribution in [0.2, 0.25) is 0 Å². The number of hydrogen-bond acceptors (Lipinski definition) is 5. The summed E-state index contributed by atoms with van der Waals surface area (Å²) in [6.07, 6.45) is 3.54. The molecule has 2 heterocycles. The van der Waals surface area contributed by atoms with Crippen molar-refractivity contribution in [2.45, 2.75) is 29.3 Å². The quantitative estimate of drug-likeness (QED) is 0.598. The maximum Gasteiger partial charge on any atom is 0.447 e. The number of rotatable bonds is 4. The van der Waals surface area contributed by atoms with E-state index in [1.54, 1.807) is 23.5 Å². The molecule has 1 saturated carbocycles. The summed E-state index contributed by atoms with van der Waals surface area (Å²) in [6.45, 7) is 0. The van der Waals surface area contributed by atoms with Crippen LogP contribution in [0.4, 0.5) is 18.9 Å². The number of nitrogens with zero attached hydrogens (tertiary/aromatic N) is 2. The lowest BCUT2D eigenvalue weighted by Gasteiger charge is -2.10. The first-order chi connectivity index (χ1) is 12.4. The van der Waals surface area contributed by atoms with Gasteiger partial charge in [0.25, 0.3) is 5.91 Å². The average molecular weight is 395 g/mol. The third-order valence-corrected chi connectivity index (χ3v) is 5.75. The third kappa shape index (κ3) is 3.83. The molecule has 1 aromatic carbocycles. The van der Waals surface area contributed by atoms with Crippen molar-refractivity contribution in [2.75, 3.05) is 5.32 Å². The van der Waals surface area contributed by atoms with E-state index < -0.39 is 23.2 Å². The van der Waals surface area contributed by atoms with Gasteiger partial charge in [0, 0.05) is 29.6 Å². The molecule has 4 rings (SSSR count). The fourth-order valence-electron chi connectivity index (χ4n) is 2.48. The molecule has 0 aliphatic heterocycles. The number of amides is 1. The molecule has 1 fully saturated rings. The fourth-order valence-corrected chi connectivity index (χ4v) is 4.26. The first kappa shape index (κ1) is 17.3. The Balaban J connectivity index is 1.57. The monoisotopic (exact) mass is 395 g/mol. The molecule has 134 valence electrons. The van der Waals surface area contributed by atoms with E-state index >= 15 is 0 Å². The largest absolute Gasteiger partial charge is 0.447 e. The number of fused-ring (bicyclic) bond motifs is 1. The Morgan fingerprint density at radius 1 is 1.27 bits per heavy atom. The zero-order valence-corrected chi connectivity index (χ0v) is 14.8. The number of nitrogens with one attached hydrogen (secondary N) is 1. The SMILES string of the molecule is O=C(Nc1ccc2nc(C3CC3)sc2c1)c1cccnc1SC(F)(F)F. The van der Waals surface area contributed by atoms with Gasteiger partial charge in [-0.25, -0.2) is 9.97 Å². The Hall–Kier alpha value is -2.13. The van der Waals surface area contributed by atoms with Crippen LogP contribution in [0.3, 0.4) is 0 Å². The second-order valence-electron chi connectivity index (χ2n) is 5.87. The molecule has 0 bridgehead atoms. The zero-order valence-electron chi connectivity index (χ0n) is 13.2. The smallest absolute Gasteiger partial charge is 0.322 e. The lowest BCUT2D eigenvalue weighted by atomic mass is 10.2. The molecule has 0 atom stereocenters. The number of halogens is 3. The van der Waals surface area contributed by atoms with Crippen LogP contribution in [0.1, 0.15) is 34.1 Å². The van der Waals surface area contributed by atoms with Gasteiger partial charge in [-0.15, -0.1) is 11.3 Å². The number of thioether (sulfide) groups is 1. The van der Waals surface area contributed by atoms with Crippen molar-refractivity contribution in [1.29, 1.82) is 0 Å². The predicted octanol–water partition coefficient (Wildman–Crippen LogP) is 5.43. The van der Waals surface area contributed by atoms with Gasteiger partial charge in [0.1, 0.15) is 5.03 Å². The number of anilines is 1. The molecule has 9 heteroatoms. The van der Waals surface area contributed by atoms with Crippen molar-refractivity contribution in [1.82, 2.24) is 9.97 Å². The first-order valence-corrected chi connectivity index (χ1v) is 9.45. The van der Waals surface area contributed by atoms with E-state index in [0.29, 0.717) is 11.6 Å². The van der Waals surface area contributed by atoms with Crippen LogP contribution in [-0.2, 0) is 0 Å². The average Bonchev–Trinajstić information content (AvgIpc) is 3.33. The molecule has 2 aromatic heterocycles. The Bertz CT molecular complexity index is 983. The summed E-state index contributed by atoms with van der Waals surface area (Å²) in [5.74, 6) is -0.0843. The molecule has 4 nitrogen and oxygen atoms in total. The summed E-state index contributed by atoms with van der Waals surface area (Å²) in [6, 6.07) is 8.06. The van der Waals surface area contributed by atoms with E-state index in [9.17, 15) is 18.0 Å². The van der Waals surface area contributed by atoms with Crippen molar-refractivity contribution < 1.29 is 18.0 Å². The van der Waals surface area contributed by atoms with Gasteiger partial charge in [-0.2, -0.15) is 13.2 Å². The van der Waals surface area contributed by atoms with Crippen molar-refractivity contribution >= 4 is 44.9 Å². The van der Waals surface area contributed by atoms with Crippen LogP contribution < -0.4 is 5.32 Å². The van der Waals surface area contributed by atoms with Gasteiger partial charge in [0.2, 0.25) is 0 Å². The summed E-state index contributed by atoms with van der Waals surface area (Å²) in [5, 5.41) is 3.38. The van der Waals surface area contributed by atoms with Crippen molar-refractivity contribution in [3.63, 3.8) is 0 Å². The van der Waals surface area contributed by atoms with E-state index in [1.807, 2.05) is 6.07 Å². The Labute approximate surface area is 154 Å². The highest BCUT2D eigenvalue weighted by molar-refractivity contribution is 8.00. The second-order valence-corrected chi connectivity index (χ2v) is 7.98. The van der Waals surface area contributed by atoms with Crippen molar-refractivity contribution in [3.05, 3.63) is 47.1 Å². The molecule has 0 radical (unpaired) electrons. The molecular weight excluding hydrogens is 383 g/mol. The number of alkyl halides is 3. The second kappa shape index (κ2) is 6.55. The lowest BCUT2D eigenvalue weighted by Crippen LogP contribution is -2.14. The predicted molar refractivity (Wildman–Crippen MR) is 95.7 cm³/mol. The van der Waals surface area contributed by atoms with Crippen molar-refractivity contribution in [3.8, 4) is 0 Å². The summed E-state index contributed by atoms with van der Waals surface area (Å²) >= 11 is 1.19. The third-order valence-electron chi connectivity index (χ3n) is 3.82. The summed E-state index contributed by atoms with van der Waals surface area (Å²) in [7, 11) is 0. The van der Waals surface area contributed by atoms with E-state index in [2.05, 4.69) is 15.3 Å². The first-order valence-electron chi connectivity index (χ1n) is 7.82. The van der Waals surface area contributed by atoms with Crippen LogP contribution in [0.5, 0.6) is 0 Å². The van der Waals surface area contributed by atoms with Crippen LogP contribution in [-0.4, -0.2) is 21.4 Å². The number of benzene rings is 1. The van der Waals surface area contributed by atoms with Gasteiger partial charge < -0.3 is 5.32 Å². The van der Waals surface area contributed by atoms with E-state index in [0.717, 1.165) is 28.1 Å². The lowest BCUT2D eigenvalue weighted by molar-refractivity contribution is -0.0329. The topological polar surface area (TPSA) is 54.9 Å². The number of hydrogen-bond donors (Lipinski definition) is 1. The van der Waals surface area contributed by atoms with Crippen LogP contribution in [0, 0.1) is 0 Å². The van der Waals surface area contributed by atoms with Gasteiger partial charge in [-0.3, -0.25) is 4.79 Å². The minimum absolute atomic E-state index is 0.113. The maximum absolute atomic E-state index is 12.6. The number of carbonyl (C=O) groups is 1. The molecular formula is C17H12F3N3OS2. The minimum atomic E-state index is -4.51. The standard InChI is InChI=1S/C17H12F3N3OS2/c18-17(19,20)26-16-11(2-1-7-21-16)14(24)22-10-5-6-12-13(8-10)25-15(23-12)9-3-4-9/h1-2,5-9H,3-4H2,(H,22,24). The maximum atomic E-state index is 12.6. The van der Waals surface area contributed by atoms with Crippen molar-refractivity contribution in [2.24, 2.45) is 0 Å². The van der Waals surface area contributed by atoms with E-state index in [4.69, 9.17) is 0 Å². The fraction of sp³-hybridized carbons (Fsp3) is 0.235. The molecule has 1 amide bonds. The molecule has 1 N–H and O–H groups in total. The van der Waals surface area contributed by atoms with Gasteiger partial charge in [0.15, 0.2) is 0 Å². The van der Waals surface area contributed by atoms with E-state index in [-0.39, 0.29) is 10.6 Å². The highest BCUT2D eigenvalue weighted by atomic mass is 32.2. The molecule has 0 spiro atoms. The molecule has 0 saturated heterocycles. The van der Waals surface area contributed by atoms with Gasteiger partial charge in [0.05, 0.1) is 20.8 Å². The number of carbonyl (C=O) groups excluding carboxylic acids is 1. The summed E-state index contributed by atoms with van der Waals surface area (Å²) in [4.78, 5) is 20.7. The van der Waals surface area contributed by atoms with Crippen LogP contribution >= 0.6 is 23.1 Å². The van der Waals surface area contributed by atoms with Crippen LogP contribution in [0.25, 0.3) is 10.2 Å². The number of pyridine rings is 1. The zero-order chi connectivity index (χ0) is 18.3. The molecule has 1 aliphatic rings. The molecule has 26 heavy (non-hydrogen) atoms.